The van der Waals surface area contributed by atoms with E-state index in [2.05, 4.69) is 71.8 Å². The minimum Gasteiger partial charge on any atom is -0.492 e. The lowest BCUT2D eigenvalue weighted by molar-refractivity contribution is -0.159. The van der Waals surface area contributed by atoms with Crippen LogP contribution in [0.2, 0.25) is 0 Å². The number of hydrogen-bond donors (Lipinski definition) is 3. The topological polar surface area (TPSA) is 103 Å². The number of aliphatic carboxylic acids is 2. The van der Waals surface area contributed by atoms with Gasteiger partial charge in [0.25, 0.3) is 0 Å². The Morgan fingerprint density at radius 3 is 2.40 bits per heavy atom. The third kappa shape index (κ3) is 6.54. The van der Waals surface area contributed by atoms with Crippen molar-refractivity contribution in [2.24, 2.45) is 0 Å². The minimum absolute atomic E-state index is 0.777. The number of carboxylic acid groups (broad SMARTS) is 2. The van der Waals surface area contributed by atoms with E-state index in [4.69, 9.17) is 24.5 Å². The number of likely N-dealkylation sites (N-methyl/N-ethyl adjacent to an activating group) is 1. The van der Waals surface area contributed by atoms with Gasteiger partial charge in [0, 0.05) is 23.6 Å². The van der Waals surface area contributed by atoms with Gasteiger partial charge in [-0.15, -0.1) is 0 Å². The van der Waals surface area contributed by atoms with Crippen molar-refractivity contribution in [2.75, 3.05) is 27.2 Å². The van der Waals surface area contributed by atoms with E-state index in [-0.39, 0.29) is 0 Å². The molecule has 0 amide bonds. The maximum atomic E-state index is 9.10. The average molecular weight is 462 g/mol. The van der Waals surface area contributed by atoms with Gasteiger partial charge in [0.05, 0.1) is 10.2 Å². The summed E-state index contributed by atoms with van der Waals surface area (Å²) in [4.78, 5) is 23.8. The highest BCUT2D eigenvalue weighted by Gasteiger charge is 2.12. The largest absolute Gasteiger partial charge is 0.492 e. The quantitative estimate of drug-likeness (QED) is 0.451. The Balaban J connectivity index is 0.000000450. The van der Waals surface area contributed by atoms with Gasteiger partial charge in [-0.2, -0.15) is 0 Å². The van der Waals surface area contributed by atoms with E-state index in [1.165, 1.54) is 20.0 Å². The molecule has 0 aliphatic carbocycles. The summed E-state index contributed by atoms with van der Waals surface area (Å²) in [6.07, 6.45) is 4.22. The summed E-state index contributed by atoms with van der Waals surface area (Å²) in [6, 6.07) is 4.17. The van der Waals surface area contributed by atoms with Gasteiger partial charge in [0.1, 0.15) is 5.75 Å². The molecule has 7 nitrogen and oxygen atoms in total. The number of benzene rings is 1. The van der Waals surface area contributed by atoms with Crippen LogP contribution in [-0.2, 0) is 16.0 Å². The van der Waals surface area contributed by atoms with Gasteiger partial charge in [0.15, 0.2) is 0 Å². The van der Waals surface area contributed by atoms with Crippen molar-refractivity contribution in [3.63, 3.8) is 0 Å². The van der Waals surface area contributed by atoms with Gasteiger partial charge in [-0.05, 0) is 67.2 Å². The number of H-pyrrole nitrogens is 1. The van der Waals surface area contributed by atoms with Crippen molar-refractivity contribution in [3.8, 4) is 5.75 Å². The van der Waals surface area contributed by atoms with Crippen LogP contribution in [0.15, 0.2) is 18.3 Å². The summed E-state index contributed by atoms with van der Waals surface area (Å²) in [5.74, 6) is -2.65. The molecule has 0 saturated heterocycles. The zero-order valence-corrected chi connectivity index (χ0v) is 16.7. The van der Waals surface area contributed by atoms with Crippen molar-refractivity contribution in [1.82, 2.24) is 9.88 Å². The number of hydrogen-bond acceptors (Lipinski definition) is 4. The average Bonchev–Trinajstić information content (AvgIpc) is 2.96. The fourth-order valence-corrected chi connectivity index (χ4v) is 3.07. The third-order valence-corrected chi connectivity index (χ3v) is 4.37. The molecule has 8 heteroatoms. The van der Waals surface area contributed by atoms with Gasteiger partial charge in [0.2, 0.25) is 0 Å². The van der Waals surface area contributed by atoms with Crippen LogP contribution in [0.4, 0.5) is 0 Å². The molecular weight excluding hydrogens is 439 g/mol. The molecule has 0 saturated carbocycles. The molecule has 1 heterocycles. The van der Waals surface area contributed by atoms with Gasteiger partial charge in [-0.1, -0.05) is 6.92 Å². The van der Waals surface area contributed by atoms with E-state index in [0.717, 1.165) is 31.7 Å². The van der Waals surface area contributed by atoms with Crippen molar-refractivity contribution >= 4 is 45.4 Å². The molecule has 0 radical (unpaired) electrons. The summed E-state index contributed by atoms with van der Waals surface area (Å²) >= 11 is 2.40. The first kappa shape index (κ1) is 21.2. The SMILES string of the molecule is CCCOc1ccc2[nH]cc(CCN(C)C)c2c1I.O=C(O)C(=O)O. The second kappa shape index (κ2) is 10.2. The first-order valence-corrected chi connectivity index (χ1v) is 8.88. The van der Waals surface area contributed by atoms with Crippen LogP contribution in [0, 0.1) is 3.57 Å². The highest BCUT2D eigenvalue weighted by molar-refractivity contribution is 14.1. The lowest BCUT2D eigenvalue weighted by Gasteiger charge is -2.11. The Labute approximate surface area is 160 Å². The van der Waals surface area contributed by atoms with E-state index in [1.807, 2.05) is 0 Å². The lowest BCUT2D eigenvalue weighted by Crippen LogP contribution is -2.14. The summed E-state index contributed by atoms with van der Waals surface area (Å²) in [7, 11) is 4.21. The Morgan fingerprint density at radius 1 is 1.24 bits per heavy atom. The molecule has 0 aliphatic rings. The lowest BCUT2D eigenvalue weighted by atomic mass is 10.1. The summed E-state index contributed by atoms with van der Waals surface area (Å²) in [6.45, 7) is 3.96. The number of carbonyl (C=O) groups is 2. The third-order valence-electron chi connectivity index (χ3n) is 3.30. The Bertz CT molecular complexity index is 715. The van der Waals surface area contributed by atoms with Crippen LogP contribution in [0.5, 0.6) is 5.75 Å². The molecule has 2 rings (SSSR count). The summed E-state index contributed by atoms with van der Waals surface area (Å²) in [5.41, 5.74) is 2.57. The van der Waals surface area contributed by atoms with E-state index in [1.54, 1.807) is 0 Å². The van der Waals surface area contributed by atoms with Crippen LogP contribution < -0.4 is 4.74 Å². The number of carboxylic acids is 2. The molecular formula is C17H23IN2O5. The maximum Gasteiger partial charge on any atom is 0.414 e. The highest BCUT2D eigenvalue weighted by atomic mass is 127. The van der Waals surface area contributed by atoms with Gasteiger partial charge < -0.3 is 24.8 Å². The number of ether oxygens (including phenoxy) is 1. The van der Waals surface area contributed by atoms with Crippen LogP contribution in [0.1, 0.15) is 18.9 Å². The Kier molecular flexibility index (Phi) is 8.70. The molecule has 0 aliphatic heterocycles. The second-order valence-electron chi connectivity index (χ2n) is 5.63. The first-order chi connectivity index (χ1) is 11.8. The number of nitrogens with zero attached hydrogens (tertiary/aromatic N) is 1. The fourth-order valence-electron chi connectivity index (χ4n) is 2.09. The molecule has 25 heavy (non-hydrogen) atoms. The second-order valence-corrected chi connectivity index (χ2v) is 6.70. The van der Waals surface area contributed by atoms with E-state index < -0.39 is 11.9 Å². The van der Waals surface area contributed by atoms with Crippen molar-refractivity contribution in [2.45, 2.75) is 19.8 Å². The maximum absolute atomic E-state index is 9.10. The van der Waals surface area contributed by atoms with Gasteiger partial charge in [-0.3, -0.25) is 0 Å². The van der Waals surface area contributed by atoms with E-state index in [9.17, 15) is 0 Å². The standard InChI is InChI=1S/C15H21IN2O.C2H2O4/c1-4-9-19-13-6-5-12-14(15(13)16)11(10-17-12)7-8-18(2)3;3-1(4)2(5)6/h5-6,10,17H,4,7-9H2,1-3H3;(H,3,4)(H,5,6). The van der Waals surface area contributed by atoms with Crippen LogP contribution in [0.25, 0.3) is 10.9 Å². The molecule has 0 fully saturated rings. The van der Waals surface area contributed by atoms with Crippen molar-refractivity contribution in [1.29, 1.82) is 0 Å². The molecule has 0 spiro atoms. The summed E-state index contributed by atoms with van der Waals surface area (Å²) in [5, 5.41) is 16.1. The van der Waals surface area contributed by atoms with Crippen molar-refractivity contribution < 1.29 is 24.5 Å². The van der Waals surface area contributed by atoms with Crippen molar-refractivity contribution in [3.05, 3.63) is 27.5 Å². The predicted octanol–water partition coefficient (Wildman–Crippen LogP) is 2.82. The van der Waals surface area contributed by atoms with Crippen LogP contribution in [0.3, 0.4) is 0 Å². The number of nitrogens with one attached hydrogen (secondary N) is 1. The minimum atomic E-state index is -1.82. The van der Waals surface area contributed by atoms with E-state index >= 15 is 0 Å². The Morgan fingerprint density at radius 2 is 1.88 bits per heavy atom. The zero-order chi connectivity index (χ0) is 19.0. The molecule has 3 N–H and O–H groups in total. The van der Waals surface area contributed by atoms with Gasteiger partial charge >= 0.3 is 11.9 Å². The number of fused-ring (bicyclic) bond motifs is 1. The zero-order valence-electron chi connectivity index (χ0n) is 14.5. The van der Waals surface area contributed by atoms with Gasteiger partial charge in [-0.25, -0.2) is 9.59 Å². The normalized spacial score (nSPS) is 10.4. The van der Waals surface area contributed by atoms with Crippen LogP contribution >= 0.6 is 22.6 Å². The summed E-state index contributed by atoms with van der Waals surface area (Å²) < 4.78 is 7.03. The molecule has 0 bridgehead atoms. The number of rotatable bonds is 6. The molecule has 138 valence electrons. The molecule has 0 unspecified atom stereocenters. The highest BCUT2D eigenvalue weighted by Crippen LogP contribution is 2.32. The number of aromatic amines is 1. The number of aromatic nitrogens is 1. The number of halogens is 1. The first-order valence-electron chi connectivity index (χ1n) is 7.80. The van der Waals surface area contributed by atoms with E-state index in [0.29, 0.717) is 0 Å². The monoisotopic (exact) mass is 462 g/mol. The fraction of sp³-hybridized carbons (Fsp3) is 0.412. The predicted molar refractivity (Wildman–Crippen MR) is 104 cm³/mol. The Hall–Kier alpha value is -1.81. The smallest absolute Gasteiger partial charge is 0.414 e. The molecule has 1 aromatic carbocycles. The molecule has 0 atom stereocenters. The van der Waals surface area contributed by atoms with Crippen LogP contribution in [-0.4, -0.2) is 59.3 Å². The molecule has 2 aromatic rings. The molecule has 1 aromatic heterocycles.